The number of halogens is 1. The van der Waals surface area contributed by atoms with Gasteiger partial charge in [0, 0.05) is 78.2 Å². The molecule has 4 aromatic heterocycles. The summed E-state index contributed by atoms with van der Waals surface area (Å²) in [6, 6.07) is 122. The van der Waals surface area contributed by atoms with Gasteiger partial charge in [0.15, 0.2) is 34.9 Å². The van der Waals surface area contributed by atoms with E-state index in [2.05, 4.69) is 255 Å². The fourth-order valence-electron chi connectivity index (χ4n) is 13.8. The van der Waals surface area contributed by atoms with Crippen molar-refractivity contribution in [3.8, 4) is 124 Å². The number of hydrogen-bond acceptors (Lipinski definition) is 10. The summed E-state index contributed by atoms with van der Waals surface area (Å²) in [7, 11) is -0.408. The summed E-state index contributed by atoms with van der Waals surface area (Å²) in [4.78, 5) is 29.0. The highest BCUT2D eigenvalue weighted by Gasteiger charge is 2.52. The van der Waals surface area contributed by atoms with Crippen LogP contribution in [-0.2, 0) is 9.31 Å². The van der Waals surface area contributed by atoms with Gasteiger partial charge in [-0.15, -0.1) is 22.7 Å². The molecular formula is C96H70BBrN6O2S2. The van der Waals surface area contributed by atoms with Crippen molar-refractivity contribution in [3.63, 3.8) is 0 Å². The summed E-state index contributed by atoms with van der Waals surface area (Å²) < 4.78 is 19.1. The van der Waals surface area contributed by atoms with Crippen molar-refractivity contribution in [2.75, 3.05) is 0 Å². The van der Waals surface area contributed by atoms with E-state index >= 15 is 0 Å². The van der Waals surface area contributed by atoms with Crippen LogP contribution in [-0.4, -0.2) is 48.2 Å². The molecule has 19 rings (SSSR count). The van der Waals surface area contributed by atoms with Crippen LogP contribution in [0.15, 0.2) is 356 Å². The lowest BCUT2D eigenvalue weighted by molar-refractivity contribution is 0.00578. The van der Waals surface area contributed by atoms with Crippen molar-refractivity contribution in [1.82, 2.24) is 29.9 Å². The molecule has 8 nitrogen and oxygen atoms in total. The van der Waals surface area contributed by atoms with Gasteiger partial charge in [-0.3, -0.25) is 0 Å². The van der Waals surface area contributed by atoms with Gasteiger partial charge in [-0.25, -0.2) is 29.9 Å². The Bertz CT molecular complexity index is 6150. The van der Waals surface area contributed by atoms with E-state index in [9.17, 15) is 0 Å². The summed E-state index contributed by atoms with van der Waals surface area (Å²) in [6.07, 6.45) is 0. The standard InChI is InChI=1S/C45H29N3S.C30H27BO2S.C21H14BrN3/c1-4-14-30(15-5-1)35-27-36(29-37(28-35)38-23-13-24-40-39-22-10-11-25-41(39)49-42(38)40)33-20-12-21-34(26-33)45-47-43(31-16-6-2-7-17-31)46-44(48-45)32-18-8-3-9-19-32;1-29(2)30(3,4)33-31(32-29)23-18-21(20-11-6-5-7-12-20)17-22(19-23)24-14-10-15-26-25-13-8-9-16-27(25)34-28(24)26;22-18-13-7-12-17(14-18)21-24-19(15-8-3-1-4-9-15)23-20(25-21)16-10-5-2-6-11-16/h1-29H;5-19H,1-4H3;1-14H. The summed E-state index contributed by atoms with van der Waals surface area (Å²) in [5.41, 5.74) is 17.8. The molecule has 0 atom stereocenters. The Morgan fingerprint density at radius 1 is 0.250 bits per heavy atom. The van der Waals surface area contributed by atoms with Gasteiger partial charge in [-0.1, -0.05) is 313 Å². The monoisotopic (exact) mass is 1490 g/mol. The Hall–Kier alpha value is -12.0. The molecule has 0 aliphatic carbocycles. The van der Waals surface area contributed by atoms with Crippen molar-refractivity contribution >= 4 is 91.5 Å². The van der Waals surface area contributed by atoms with Crippen LogP contribution in [0.5, 0.6) is 0 Å². The topological polar surface area (TPSA) is 95.8 Å². The summed E-state index contributed by atoms with van der Waals surface area (Å²) >= 11 is 7.24. The van der Waals surface area contributed by atoms with Gasteiger partial charge >= 0.3 is 7.12 Å². The van der Waals surface area contributed by atoms with Crippen molar-refractivity contribution < 1.29 is 9.31 Å². The minimum atomic E-state index is -0.408. The molecule has 108 heavy (non-hydrogen) atoms. The van der Waals surface area contributed by atoms with Crippen LogP contribution in [0.4, 0.5) is 0 Å². The number of aromatic nitrogens is 6. The Morgan fingerprint density at radius 3 is 0.944 bits per heavy atom. The third kappa shape index (κ3) is 14.5. The largest absolute Gasteiger partial charge is 0.494 e. The number of fused-ring (bicyclic) bond motifs is 6. The van der Waals surface area contributed by atoms with E-state index in [1.807, 2.05) is 168 Å². The molecule has 1 aliphatic heterocycles. The molecule has 5 heterocycles. The maximum Gasteiger partial charge on any atom is 0.494 e. The minimum Gasteiger partial charge on any atom is -0.399 e. The van der Waals surface area contributed by atoms with Gasteiger partial charge in [0.25, 0.3) is 0 Å². The molecule has 1 saturated heterocycles. The predicted molar refractivity (Wildman–Crippen MR) is 455 cm³/mol. The third-order valence-corrected chi connectivity index (χ3v) is 22.9. The number of rotatable bonds is 12. The smallest absolute Gasteiger partial charge is 0.399 e. The van der Waals surface area contributed by atoms with Crippen molar-refractivity contribution in [3.05, 3.63) is 356 Å². The van der Waals surface area contributed by atoms with Crippen LogP contribution in [0.25, 0.3) is 164 Å². The molecule has 0 bridgehead atoms. The van der Waals surface area contributed by atoms with Crippen LogP contribution >= 0.6 is 38.6 Å². The van der Waals surface area contributed by atoms with Crippen LogP contribution < -0.4 is 5.46 Å². The molecule has 0 radical (unpaired) electrons. The van der Waals surface area contributed by atoms with E-state index in [4.69, 9.17) is 34.2 Å². The quantitative estimate of drug-likeness (QED) is 0.112. The number of nitrogens with zero attached hydrogens (tertiary/aromatic N) is 6. The summed E-state index contributed by atoms with van der Waals surface area (Å²) in [6.45, 7) is 8.42. The highest BCUT2D eigenvalue weighted by atomic mass is 79.9. The number of hydrogen-bond donors (Lipinski definition) is 0. The second kappa shape index (κ2) is 30.1. The first-order valence-corrected chi connectivity index (χ1v) is 38.5. The van der Waals surface area contributed by atoms with Crippen molar-refractivity contribution in [2.45, 2.75) is 38.9 Å². The molecule has 0 N–H and O–H groups in total. The SMILES string of the molecule is Brc1cccc(-c2nc(-c3ccccc3)nc(-c3ccccc3)n2)c1.CC1(C)OB(c2cc(-c3ccccc3)cc(-c3cccc4c3sc3ccccc34)c2)OC1(C)C.c1ccc(-c2cc(-c3cccc(-c4nc(-c5ccccc5)nc(-c5ccccc5)n4)c3)cc(-c3cccc4c3sc3ccccc34)c2)cc1. The molecule has 518 valence electrons. The van der Waals surface area contributed by atoms with Crippen LogP contribution in [0, 0.1) is 0 Å². The zero-order chi connectivity index (χ0) is 73.1. The maximum absolute atomic E-state index is 6.45. The Balaban J connectivity index is 0.000000126. The molecule has 0 amide bonds. The predicted octanol–water partition coefficient (Wildman–Crippen LogP) is 25.6. The first-order valence-electron chi connectivity index (χ1n) is 36.1. The summed E-state index contributed by atoms with van der Waals surface area (Å²) in [5.74, 6) is 3.95. The van der Waals surface area contributed by atoms with Gasteiger partial charge < -0.3 is 9.31 Å². The van der Waals surface area contributed by atoms with E-state index in [1.165, 1.54) is 84.9 Å². The zero-order valence-electron chi connectivity index (χ0n) is 59.8. The van der Waals surface area contributed by atoms with E-state index in [0.29, 0.717) is 34.9 Å². The Kier molecular flexibility index (Phi) is 19.3. The fraction of sp³-hybridized carbons (Fsp3) is 0.0625. The van der Waals surface area contributed by atoms with Gasteiger partial charge in [0.05, 0.1) is 11.2 Å². The molecule has 14 aromatic carbocycles. The highest BCUT2D eigenvalue weighted by molar-refractivity contribution is 9.10. The van der Waals surface area contributed by atoms with E-state index in [1.54, 1.807) is 0 Å². The molecule has 12 heteroatoms. The average molecular weight is 1490 g/mol. The first-order chi connectivity index (χ1) is 52.9. The number of thiophene rings is 2. The highest BCUT2D eigenvalue weighted by Crippen LogP contribution is 2.45. The molecule has 18 aromatic rings. The lowest BCUT2D eigenvalue weighted by atomic mass is 9.76. The maximum atomic E-state index is 6.45. The van der Waals surface area contributed by atoms with Gasteiger partial charge in [0.1, 0.15) is 0 Å². The van der Waals surface area contributed by atoms with Crippen LogP contribution in [0.1, 0.15) is 27.7 Å². The minimum absolute atomic E-state index is 0.383. The molecule has 1 fully saturated rings. The molecule has 0 unspecified atom stereocenters. The van der Waals surface area contributed by atoms with Crippen molar-refractivity contribution in [2.24, 2.45) is 0 Å². The second-order valence-electron chi connectivity index (χ2n) is 27.7. The molecular weight excluding hydrogens is 1420 g/mol. The molecule has 0 spiro atoms. The summed E-state index contributed by atoms with van der Waals surface area (Å²) in [5, 5.41) is 5.22. The van der Waals surface area contributed by atoms with Crippen molar-refractivity contribution in [1.29, 1.82) is 0 Å². The van der Waals surface area contributed by atoms with Gasteiger partial charge in [0.2, 0.25) is 0 Å². The lowest BCUT2D eigenvalue weighted by Crippen LogP contribution is -2.41. The van der Waals surface area contributed by atoms with E-state index in [-0.39, 0.29) is 11.2 Å². The lowest BCUT2D eigenvalue weighted by Gasteiger charge is -2.32. The van der Waals surface area contributed by atoms with E-state index < -0.39 is 7.12 Å². The fourth-order valence-corrected chi connectivity index (χ4v) is 16.6. The Labute approximate surface area is 645 Å². The second-order valence-corrected chi connectivity index (χ2v) is 30.7. The first kappa shape index (κ1) is 69.1. The molecule has 0 saturated carbocycles. The molecule has 1 aliphatic rings. The van der Waals surface area contributed by atoms with Gasteiger partial charge in [-0.2, -0.15) is 0 Å². The van der Waals surface area contributed by atoms with Crippen LogP contribution in [0.3, 0.4) is 0 Å². The zero-order valence-corrected chi connectivity index (χ0v) is 63.0. The number of benzene rings is 14. The normalized spacial score (nSPS) is 12.9. The Morgan fingerprint density at radius 2 is 0.528 bits per heavy atom. The van der Waals surface area contributed by atoms with E-state index in [0.717, 1.165) is 54.4 Å². The third-order valence-electron chi connectivity index (χ3n) is 20.0. The van der Waals surface area contributed by atoms with Gasteiger partial charge in [-0.05, 0) is 143 Å². The van der Waals surface area contributed by atoms with Crippen LogP contribution in [0.2, 0.25) is 0 Å². The average Bonchev–Trinajstić information content (AvgIpc) is 1.60.